The van der Waals surface area contributed by atoms with Gasteiger partial charge in [0.2, 0.25) is 0 Å². The second-order valence-corrected chi connectivity index (χ2v) is 4.48. The van der Waals surface area contributed by atoms with Gasteiger partial charge in [0, 0.05) is 12.7 Å². The van der Waals surface area contributed by atoms with Crippen molar-refractivity contribution >= 4 is 5.97 Å². The molecule has 0 amide bonds. The Kier molecular flexibility index (Phi) is 3.57. The first kappa shape index (κ1) is 14.2. The molecular weight excluding hydrogens is 271 g/mol. The zero-order valence-corrected chi connectivity index (χ0v) is 10.6. The predicted octanol–water partition coefficient (Wildman–Crippen LogP) is 3.56. The van der Waals surface area contributed by atoms with Crippen LogP contribution in [-0.2, 0) is 12.7 Å². The molecule has 0 radical (unpaired) electrons. The quantitative estimate of drug-likeness (QED) is 0.935. The largest absolute Gasteiger partial charge is 0.477 e. The highest BCUT2D eigenvalue weighted by Gasteiger charge is 2.30. The van der Waals surface area contributed by atoms with Crippen molar-refractivity contribution in [1.29, 1.82) is 0 Å². The van der Waals surface area contributed by atoms with Crippen molar-refractivity contribution in [2.24, 2.45) is 0 Å². The molecule has 6 heteroatoms. The van der Waals surface area contributed by atoms with Gasteiger partial charge in [-0.1, -0.05) is 12.1 Å². The number of aryl methyl sites for hydroxylation is 1. The maximum absolute atomic E-state index is 12.6. The third-order valence-electron chi connectivity index (χ3n) is 2.98. The van der Waals surface area contributed by atoms with E-state index in [2.05, 4.69) is 0 Å². The molecule has 0 aliphatic heterocycles. The lowest BCUT2D eigenvalue weighted by Crippen LogP contribution is -2.11. The van der Waals surface area contributed by atoms with Crippen LogP contribution in [0, 0.1) is 6.92 Å². The van der Waals surface area contributed by atoms with E-state index in [0.717, 1.165) is 12.1 Å². The minimum absolute atomic E-state index is 0.0827. The van der Waals surface area contributed by atoms with E-state index in [0.29, 0.717) is 11.1 Å². The van der Waals surface area contributed by atoms with E-state index in [1.165, 1.54) is 16.7 Å². The lowest BCUT2D eigenvalue weighted by Gasteiger charge is -2.10. The summed E-state index contributed by atoms with van der Waals surface area (Å²) in [5, 5.41) is 9.10. The van der Waals surface area contributed by atoms with Crippen molar-refractivity contribution < 1.29 is 23.1 Å². The summed E-state index contributed by atoms with van der Waals surface area (Å²) in [6, 6.07) is 6.49. The second-order valence-electron chi connectivity index (χ2n) is 4.48. The molecule has 0 aliphatic rings. The van der Waals surface area contributed by atoms with Crippen molar-refractivity contribution in [2.45, 2.75) is 19.6 Å². The van der Waals surface area contributed by atoms with Crippen LogP contribution in [0.4, 0.5) is 13.2 Å². The summed E-state index contributed by atoms with van der Waals surface area (Å²) < 4.78 is 39.3. The molecule has 1 aromatic carbocycles. The van der Waals surface area contributed by atoms with Gasteiger partial charge in [-0.15, -0.1) is 0 Å². The first-order chi connectivity index (χ1) is 9.29. The number of alkyl halides is 3. The minimum atomic E-state index is -4.40. The fourth-order valence-electron chi connectivity index (χ4n) is 2.05. The Bertz CT molecular complexity index is 644. The number of hydrogen-bond donors (Lipinski definition) is 1. The van der Waals surface area contributed by atoms with Crippen LogP contribution < -0.4 is 0 Å². The lowest BCUT2D eigenvalue weighted by atomic mass is 10.1. The Labute approximate surface area is 113 Å². The number of aromatic carboxylic acids is 1. The summed E-state index contributed by atoms with van der Waals surface area (Å²) in [4.78, 5) is 11.1. The fourth-order valence-corrected chi connectivity index (χ4v) is 2.05. The summed E-state index contributed by atoms with van der Waals surface area (Å²) in [5.74, 6) is -1.10. The number of aromatic nitrogens is 1. The number of halogens is 3. The van der Waals surface area contributed by atoms with Crippen LogP contribution in [0.2, 0.25) is 0 Å². The van der Waals surface area contributed by atoms with Crippen molar-refractivity contribution in [3.05, 3.63) is 58.9 Å². The van der Waals surface area contributed by atoms with Gasteiger partial charge in [-0.2, -0.15) is 13.2 Å². The van der Waals surface area contributed by atoms with Gasteiger partial charge in [0.25, 0.3) is 0 Å². The Balaban J connectivity index is 2.34. The summed E-state index contributed by atoms with van der Waals surface area (Å²) in [5.41, 5.74) is 0.320. The van der Waals surface area contributed by atoms with Gasteiger partial charge in [-0.05, 0) is 36.2 Å². The van der Waals surface area contributed by atoms with E-state index >= 15 is 0 Å². The molecule has 3 nitrogen and oxygen atoms in total. The van der Waals surface area contributed by atoms with E-state index in [1.807, 2.05) is 0 Å². The Morgan fingerprint density at radius 3 is 2.60 bits per heavy atom. The van der Waals surface area contributed by atoms with Gasteiger partial charge in [0.05, 0.1) is 5.56 Å². The van der Waals surface area contributed by atoms with E-state index in [1.54, 1.807) is 19.2 Å². The highest BCUT2D eigenvalue weighted by atomic mass is 19.4. The number of nitrogens with zero attached hydrogens (tertiary/aromatic N) is 1. The van der Waals surface area contributed by atoms with Crippen molar-refractivity contribution in [2.75, 3.05) is 0 Å². The fraction of sp³-hybridized carbons (Fsp3) is 0.214. The van der Waals surface area contributed by atoms with E-state index < -0.39 is 17.7 Å². The molecule has 1 heterocycles. The highest BCUT2D eigenvalue weighted by molar-refractivity contribution is 5.87. The minimum Gasteiger partial charge on any atom is -0.477 e. The zero-order valence-electron chi connectivity index (χ0n) is 10.6. The van der Waals surface area contributed by atoms with E-state index in [4.69, 9.17) is 5.11 Å². The topological polar surface area (TPSA) is 42.2 Å². The molecule has 1 aromatic heterocycles. The van der Waals surface area contributed by atoms with Crippen molar-refractivity contribution in [3.63, 3.8) is 0 Å². The van der Waals surface area contributed by atoms with Gasteiger partial charge in [-0.3, -0.25) is 0 Å². The van der Waals surface area contributed by atoms with Crippen LogP contribution >= 0.6 is 0 Å². The Morgan fingerprint density at radius 1 is 1.30 bits per heavy atom. The molecule has 1 N–H and O–H groups in total. The van der Waals surface area contributed by atoms with Crippen LogP contribution in [0.3, 0.4) is 0 Å². The first-order valence-electron chi connectivity index (χ1n) is 5.84. The van der Waals surface area contributed by atoms with Gasteiger partial charge in [0.15, 0.2) is 0 Å². The number of hydrogen-bond acceptors (Lipinski definition) is 1. The third kappa shape index (κ3) is 2.84. The average Bonchev–Trinajstić information content (AvgIpc) is 2.69. The van der Waals surface area contributed by atoms with Crippen molar-refractivity contribution in [1.82, 2.24) is 4.57 Å². The van der Waals surface area contributed by atoms with Crippen LogP contribution in [0.1, 0.15) is 27.2 Å². The monoisotopic (exact) mass is 283 g/mol. The van der Waals surface area contributed by atoms with Crippen molar-refractivity contribution in [3.8, 4) is 0 Å². The summed E-state index contributed by atoms with van der Waals surface area (Å²) in [6.07, 6.45) is -2.85. The Morgan fingerprint density at radius 2 is 2.00 bits per heavy atom. The molecule has 0 saturated heterocycles. The molecule has 0 atom stereocenters. The molecule has 0 aliphatic carbocycles. The van der Waals surface area contributed by atoms with Crippen LogP contribution in [0.15, 0.2) is 36.5 Å². The molecule has 0 fully saturated rings. The maximum Gasteiger partial charge on any atom is 0.416 e. The lowest BCUT2D eigenvalue weighted by molar-refractivity contribution is -0.137. The predicted molar refractivity (Wildman–Crippen MR) is 66.7 cm³/mol. The van der Waals surface area contributed by atoms with Crippen LogP contribution in [0.5, 0.6) is 0 Å². The van der Waals surface area contributed by atoms with E-state index in [9.17, 15) is 18.0 Å². The second kappa shape index (κ2) is 5.03. The molecular formula is C14H12F3NO2. The molecule has 106 valence electrons. The SMILES string of the molecule is Cc1ccn(Cc2cccc(C(F)(F)F)c2)c1C(=O)O. The number of benzene rings is 1. The summed E-state index contributed by atoms with van der Waals surface area (Å²) in [6.45, 7) is 1.73. The number of rotatable bonds is 3. The van der Waals surface area contributed by atoms with E-state index in [-0.39, 0.29) is 12.2 Å². The molecule has 2 aromatic rings. The number of carbonyl (C=O) groups is 1. The maximum atomic E-state index is 12.6. The zero-order chi connectivity index (χ0) is 14.9. The first-order valence-corrected chi connectivity index (χ1v) is 5.84. The highest BCUT2D eigenvalue weighted by Crippen LogP contribution is 2.29. The van der Waals surface area contributed by atoms with Gasteiger partial charge >= 0.3 is 12.1 Å². The smallest absolute Gasteiger partial charge is 0.416 e. The number of carboxylic acid groups (broad SMARTS) is 1. The normalized spacial score (nSPS) is 11.6. The van der Waals surface area contributed by atoms with Gasteiger partial charge in [0.1, 0.15) is 5.69 Å². The Hall–Kier alpha value is -2.24. The average molecular weight is 283 g/mol. The molecule has 2 rings (SSSR count). The molecule has 0 spiro atoms. The summed E-state index contributed by atoms with van der Waals surface area (Å²) in [7, 11) is 0. The summed E-state index contributed by atoms with van der Waals surface area (Å²) >= 11 is 0. The van der Waals surface area contributed by atoms with Crippen LogP contribution in [0.25, 0.3) is 0 Å². The van der Waals surface area contributed by atoms with Gasteiger partial charge in [-0.25, -0.2) is 4.79 Å². The standard InChI is InChI=1S/C14H12F3NO2/c1-9-5-6-18(12(9)13(19)20)8-10-3-2-4-11(7-10)14(15,16)17/h2-7H,8H2,1H3,(H,19,20). The number of carboxylic acids is 1. The molecule has 0 unspecified atom stereocenters. The molecule has 0 saturated carbocycles. The molecule has 0 bridgehead atoms. The van der Waals surface area contributed by atoms with Gasteiger partial charge < -0.3 is 9.67 Å². The molecule has 20 heavy (non-hydrogen) atoms. The third-order valence-corrected chi connectivity index (χ3v) is 2.98. The van der Waals surface area contributed by atoms with Crippen LogP contribution in [-0.4, -0.2) is 15.6 Å².